The number of benzene rings is 3. The second kappa shape index (κ2) is 10.2. The Balaban J connectivity index is 0.00000289. The van der Waals surface area contributed by atoms with Gasteiger partial charge in [0.1, 0.15) is 17.3 Å². The molecule has 1 aromatic heterocycles. The topological polar surface area (TPSA) is 61.4 Å². The molecule has 2 heterocycles. The molecule has 0 saturated carbocycles. The van der Waals surface area contributed by atoms with E-state index in [1.165, 1.54) is 36.4 Å². The Morgan fingerprint density at radius 3 is 2.17 bits per heavy atom. The largest absolute Gasteiger partial charge is 0.348 e. The number of carbonyl (C=O) groups is 1. The van der Waals surface area contributed by atoms with Gasteiger partial charge in [0.05, 0.1) is 0 Å². The van der Waals surface area contributed by atoms with E-state index in [2.05, 4.69) is 20.4 Å². The maximum atomic E-state index is 13.4. The van der Waals surface area contributed by atoms with Gasteiger partial charge in [-0.1, -0.05) is 24.3 Å². The van der Waals surface area contributed by atoms with Crippen LogP contribution in [0.15, 0.2) is 72.8 Å². The second-order valence-electron chi connectivity index (χ2n) is 8.35. The van der Waals surface area contributed by atoms with Crippen molar-refractivity contribution in [2.24, 2.45) is 0 Å². The molecule has 1 atom stereocenters. The zero-order valence-electron chi connectivity index (χ0n) is 19.0. The normalized spacial score (nSPS) is 15.6. The third-order valence-electron chi connectivity index (χ3n) is 6.07. The van der Waals surface area contributed by atoms with Gasteiger partial charge in [0, 0.05) is 47.7 Å². The number of rotatable bonds is 3. The van der Waals surface area contributed by atoms with Gasteiger partial charge in [-0.25, -0.2) is 13.6 Å². The molecule has 6 nitrogen and oxygen atoms in total. The summed E-state index contributed by atoms with van der Waals surface area (Å²) in [5, 5.41) is 13.8. The second-order valence-corrected chi connectivity index (χ2v) is 8.35. The van der Waals surface area contributed by atoms with Crippen molar-refractivity contribution < 1.29 is 13.6 Å². The average Bonchev–Trinajstić information content (AvgIpc) is 2.85. The number of piperazine rings is 1. The number of anilines is 2. The van der Waals surface area contributed by atoms with Crippen LogP contribution in [0, 0.1) is 11.6 Å². The molecule has 1 saturated heterocycles. The van der Waals surface area contributed by atoms with Gasteiger partial charge in [0.15, 0.2) is 5.82 Å². The third kappa shape index (κ3) is 5.02. The van der Waals surface area contributed by atoms with E-state index in [1.54, 1.807) is 17.0 Å². The fourth-order valence-electron chi connectivity index (χ4n) is 4.32. The molecular weight excluding hydrogens is 472 g/mol. The van der Waals surface area contributed by atoms with Crippen LogP contribution in [0.1, 0.15) is 6.92 Å². The van der Waals surface area contributed by atoms with Crippen molar-refractivity contribution >= 4 is 40.7 Å². The molecule has 1 N–H and O–H groups in total. The summed E-state index contributed by atoms with van der Waals surface area (Å²) in [5.41, 5.74) is 2.05. The van der Waals surface area contributed by atoms with Crippen LogP contribution in [-0.2, 0) is 0 Å². The average molecular weight is 496 g/mol. The number of amides is 2. The van der Waals surface area contributed by atoms with E-state index in [0.717, 1.165) is 22.2 Å². The van der Waals surface area contributed by atoms with Crippen molar-refractivity contribution in [3.63, 3.8) is 0 Å². The van der Waals surface area contributed by atoms with Gasteiger partial charge in [-0.3, -0.25) is 0 Å². The summed E-state index contributed by atoms with van der Waals surface area (Å²) in [4.78, 5) is 16.6. The number of hydrogen-bond donors (Lipinski definition) is 1. The molecule has 35 heavy (non-hydrogen) atoms. The maximum Gasteiger partial charge on any atom is 0.321 e. The Bertz CT molecular complexity index is 1330. The number of nitrogens with zero attached hydrogens (tertiary/aromatic N) is 4. The molecule has 2 amide bonds. The Hall–Kier alpha value is -3.78. The zero-order chi connectivity index (χ0) is 23.7. The van der Waals surface area contributed by atoms with Crippen LogP contribution in [-0.4, -0.2) is 46.8 Å². The maximum absolute atomic E-state index is 13.4. The number of nitrogens with one attached hydrogen (secondary N) is 1. The molecular formula is C26H24ClF2N5O. The molecule has 0 aliphatic carbocycles. The van der Waals surface area contributed by atoms with Crippen LogP contribution < -0.4 is 10.2 Å². The number of urea groups is 1. The Morgan fingerprint density at radius 2 is 1.51 bits per heavy atom. The van der Waals surface area contributed by atoms with Crippen LogP contribution in [0.5, 0.6) is 0 Å². The molecule has 4 aromatic rings. The van der Waals surface area contributed by atoms with Crippen molar-refractivity contribution in [2.45, 2.75) is 13.0 Å². The van der Waals surface area contributed by atoms with E-state index in [9.17, 15) is 13.6 Å². The van der Waals surface area contributed by atoms with E-state index in [-0.39, 0.29) is 36.1 Å². The quantitative estimate of drug-likeness (QED) is 0.394. The molecule has 0 unspecified atom stereocenters. The lowest BCUT2D eigenvalue weighted by molar-refractivity contribution is 0.200. The summed E-state index contributed by atoms with van der Waals surface area (Å²) in [7, 11) is 0. The van der Waals surface area contributed by atoms with Gasteiger partial charge in [0.2, 0.25) is 0 Å². The predicted octanol–water partition coefficient (Wildman–Crippen LogP) is 5.74. The van der Waals surface area contributed by atoms with E-state index in [1.807, 2.05) is 31.2 Å². The Morgan fingerprint density at radius 1 is 0.886 bits per heavy atom. The van der Waals surface area contributed by atoms with Crippen molar-refractivity contribution in [3.05, 3.63) is 84.4 Å². The lowest BCUT2D eigenvalue weighted by Gasteiger charge is -2.40. The molecule has 1 aliphatic heterocycles. The summed E-state index contributed by atoms with van der Waals surface area (Å²) in [6, 6.07) is 19.6. The molecule has 0 radical (unpaired) electrons. The lowest BCUT2D eigenvalue weighted by atomic mass is 10.0. The number of aromatic nitrogens is 2. The number of hydrogen-bond acceptors (Lipinski definition) is 4. The van der Waals surface area contributed by atoms with Gasteiger partial charge < -0.3 is 15.1 Å². The summed E-state index contributed by atoms with van der Waals surface area (Å²) in [6.07, 6.45) is 0. The van der Waals surface area contributed by atoms with Crippen molar-refractivity contribution in [2.75, 3.05) is 29.9 Å². The molecule has 5 rings (SSSR count). The van der Waals surface area contributed by atoms with Crippen LogP contribution in [0.4, 0.5) is 25.1 Å². The smallest absolute Gasteiger partial charge is 0.321 e. The van der Waals surface area contributed by atoms with Crippen LogP contribution in [0.3, 0.4) is 0 Å². The van der Waals surface area contributed by atoms with Gasteiger partial charge in [-0.15, -0.1) is 22.6 Å². The first-order valence-electron chi connectivity index (χ1n) is 11.1. The fourth-order valence-corrected chi connectivity index (χ4v) is 4.32. The summed E-state index contributed by atoms with van der Waals surface area (Å²) in [5.74, 6) is 0.111. The first kappa shape index (κ1) is 24.3. The highest BCUT2D eigenvalue weighted by Gasteiger charge is 2.29. The minimum absolute atomic E-state index is 0. The summed E-state index contributed by atoms with van der Waals surface area (Å²) < 4.78 is 26.5. The highest BCUT2D eigenvalue weighted by Crippen LogP contribution is 2.33. The molecule has 1 fully saturated rings. The van der Waals surface area contributed by atoms with Crippen molar-refractivity contribution in [1.82, 2.24) is 15.1 Å². The standard InChI is InChI=1S/C26H23F2N5O.ClH/c1-17-16-32(26(34)29-21-12-10-20(28)11-13-21)14-15-33(17)25-23-5-3-2-4-22(23)24(30-31-25)18-6-8-19(27)9-7-18;/h2-13,17H,14-16H2,1H3,(H,29,34);1H/t17-;/m1./s1. The van der Waals surface area contributed by atoms with Crippen LogP contribution >= 0.6 is 12.4 Å². The monoisotopic (exact) mass is 495 g/mol. The minimum atomic E-state index is -0.348. The van der Waals surface area contributed by atoms with Gasteiger partial charge >= 0.3 is 6.03 Å². The van der Waals surface area contributed by atoms with Gasteiger partial charge in [0.25, 0.3) is 0 Å². The highest BCUT2D eigenvalue weighted by atomic mass is 35.5. The number of carbonyl (C=O) groups excluding carboxylic acids is 1. The molecule has 180 valence electrons. The third-order valence-corrected chi connectivity index (χ3v) is 6.07. The molecule has 1 aliphatic rings. The van der Waals surface area contributed by atoms with Crippen LogP contribution in [0.25, 0.3) is 22.0 Å². The number of halogens is 3. The summed E-state index contributed by atoms with van der Waals surface area (Å²) >= 11 is 0. The van der Waals surface area contributed by atoms with Gasteiger partial charge in [-0.2, -0.15) is 0 Å². The predicted molar refractivity (Wildman–Crippen MR) is 136 cm³/mol. The number of fused-ring (bicyclic) bond motifs is 1. The van der Waals surface area contributed by atoms with E-state index in [4.69, 9.17) is 0 Å². The van der Waals surface area contributed by atoms with Gasteiger partial charge in [-0.05, 0) is 55.5 Å². The minimum Gasteiger partial charge on any atom is -0.348 e. The zero-order valence-corrected chi connectivity index (χ0v) is 19.8. The van der Waals surface area contributed by atoms with Crippen molar-refractivity contribution in [1.29, 1.82) is 0 Å². The Labute approximate surface area is 208 Å². The van der Waals surface area contributed by atoms with E-state index < -0.39 is 0 Å². The molecule has 0 spiro atoms. The van der Waals surface area contributed by atoms with Crippen LogP contribution in [0.2, 0.25) is 0 Å². The first-order valence-corrected chi connectivity index (χ1v) is 11.1. The SMILES string of the molecule is C[C@@H]1CN(C(=O)Nc2ccc(F)cc2)CCN1c1nnc(-c2ccc(F)cc2)c2ccccc12.Cl. The Kier molecular flexibility index (Phi) is 7.12. The molecule has 9 heteroatoms. The lowest BCUT2D eigenvalue weighted by Crippen LogP contribution is -2.55. The summed E-state index contributed by atoms with van der Waals surface area (Å²) in [6.45, 7) is 3.64. The fraction of sp³-hybridized carbons (Fsp3) is 0.192. The molecule has 3 aromatic carbocycles. The highest BCUT2D eigenvalue weighted by molar-refractivity contribution is 6.00. The van der Waals surface area contributed by atoms with E-state index in [0.29, 0.717) is 31.0 Å². The molecule has 0 bridgehead atoms. The first-order chi connectivity index (χ1) is 16.5. The van der Waals surface area contributed by atoms with E-state index >= 15 is 0 Å². The van der Waals surface area contributed by atoms with Crippen molar-refractivity contribution in [3.8, 4) is 11.3 Å².